The Morgan fingerprint density at radius 1 is 1.32 bits per heavy atom. The van der Waals surface area contributed by atoms with E-state index < -0.39 is 0 Å². The average molecular weight is 281 g/mol. The lowest BCUT2D eigenvalue weighted by molar-refractivity contribution is 0.555. The highest BCUT2D eigenvalue weighted by molar-refractivity contribution is 7.15. The second-order valence-electron chi connectivity index (χ2n) is 5.35. The normalized spacial score (nSPS) is 20.6. The topological polar surface area (TPSA) is 28.2 Å². The molecule has 1 aromatic heterocycles. The Kier molecular flexibility index (Phi) is 5.64. The maximum Gasteiger partial charge on any atom is 0.186 e. The van der Waals surface area contributed by atoms with E-state index in [9.17, 15) is 0 Å². The van der Waals surface area contributed by atoms with Gasteiger partial charge in [-0.15, -0.1) is 11.3 Å². The number of rotatable bonds is 5. The first-order valence-electron chi connectivity index (χ1n) is 7.69. The molecular formula is C15H27N3S. The van der Waals surface area contributed by atoms with Gasteiger partial charge < -0.3 is 10.2 Å². The Balaban J connectivity index is 2.22. The fraction of sp³-hybridized carbons (Fsp3) is 0.800. The van der Waals surface area contributed by atoms with Crippen LogP contribution >= 0.6 is 11.3 Å². The zero-order valence-corrected chi connectivity index (χ0v) is 13.4. The SMILES string of the molecule is CCc1nc(N2CCCCCC2CC)sc1CNC. The third-order valence-corrected chi connectivity index (χ3v) is 5.17. The molecule has 0 aliphatic carbocycles. The highest BCUT2D eigenvalue weighted by Crippen LogP contribution is 2.31. The molecule has 1 aliphatic heterocycles. The highest BCUT2D eigenvalue weighted by atomic mass is 32.1. The molecule has 1 aromatic rings. The van der Waals surface area contributed by atoms with Crippen molar-refractivity contribution < 1.29 is 0 Å². The van der Waals surface area contributed by atoms with Crippen LogP contribution in [0.3, 0.4) is 0 Å². The number of nitrogens with one attached hydrogen (secondary N) is 1. The molecule has 0 amide bonds. The molecule has 1 atom stereocenters. The molecule has 2 heterocycles. The van der Waals surface area contributed by atoms with Gasteiger partial charge >= 0.3 is 0 Å². The Bertz CT molecular complexity index is 389. The van der Waals surface area contributed by atoms with Crippen molar-refractivity contribution in [1.29, 1.82) is 0 Å². The summed E-state index contributed by atoms with van der Waals surface area (Å²) in [7, 11) is 2.01. The standard InChI is InChI=1S/C15H27N3S/c1-4-12-9-7-6-8-10-18(12)15-17-13(5-2)14(19-15)11-16-3/h12,16H,4-11H2,1-3H3. The lowest BCUT2D eigenvalue weighted by atomic mass is 10.1. The van der Waals surface area contributed by atoms with Crippen molar-refractivity contribution in [3.05, 3.63) is 10.6 Å². The summed E-state index contributed by atoms with van der Waals surface area (Å²) in [5, 5.41) is 4.52. The lowest BCUT2D eigenvalue weighted by Gasteiger charge is -2.28. The third kappa shape index (κ3) is 3.48. The molecule has 0 bridgehead atoms. The molecule has 19 heavy (non-hydrogen) atoms. The van der Waals surface area contributed by atoms with Crippen molar-refractivity contribution in [2.45, 2.75) is 65.0 Å². The molecule has 4 heteroatoms. The van der Waals surface area contributed by atoms with E-state index in [2.05, 4.69) is 24.1 Å². The first-order valence-corrected chi connectivity index (χ1v) is 8.51. The van der Waals surface area contributed by atoms with Crippen molar-refractivity contribution in [3.8, 4) is 0 Å². The Hall–Kier alpha value is -0.610. The molecular weight excluding hydrogens is 254 g/mol. The summed E-state index contributed by atoms with van der Waals surface area (Å²) < 4.78 is 0. The zero-order chi connectivity index (χ0) is 13.7. The molecule has 0 saturated carbocycles. The molecule has 108 valence electrons. The summed E-state index contributed by atoms with van der Waals surface area (Å²) in [6.07, 6.45) is 7.69. The smallest absolute Gasteiger partial charge is 0.186 e. The van der Waals surface area contributed by atoms with E-state index in [4.69, 9.17) is 4.98 Å². The number of hydrogen-bond acceptors (Lipinski definition) is 4. The summed E-state index contributed by atoms with van der Waals surface area (Å²) in [4.78, 5) is 8.91. The van der Waals surface area contributed by atoms with Crippen molar-refractivity contribution in [2.24, 2.45) is 0 Å². The van der Waals surface area contributed by atoms with E-state index in [0.29, 0.717) is 6.04 Å². The maximum absolute atomic E-state index is 4.92. The minimum Gasteiger partial charge on any atom is -0.345 e. The van der Waals surface area contributed by atoms with Crippen LogP contribution in [0.25, 0.3) is 0 Å². The third-order valence-electron chi connectivity index (χ3n) is 4.03. The minimum atomic E-state index is 0.695. The van der Waals surface area contributed by atoms with Gasteiger partial charge in [-0.2, -0.15) is 0 Å². The summed E-state index contributed by atoms with van der Waals surface area (Å²) in [6, 6.07) is 0.695. The van der Waals surface area contributed by atoms with Crippen LogP contribution in [-0.2, 0) is 13.0 Å². The van der Waals surface area contributed by atoms with Gasteiger partial charge in [-0.25, -0.2) is 4.98 Å². The number of aromatic nitrogens is 1. The van der Waals surface area contributed by atoms with Gasteiger partial charge in [-0.3, -0.25) is 0 Å². The Labute approximate surface area is 121 Å². The van der Waals surface area contributed by atoms with Crippen LogP contribution in [0.2, 0.25) is 0 Å². The second-order valence-corrected chi connectivity index (χ2v) is 6.42. The van der Waals surface area contributed by atoms with Crippen LogP contribution in [0.4, 0.5) is 5.13 Å². The number of hydrogen-bond donors (Lipinski definition) is 1. The van der Waals surface area contributed by atoms with Crippen LogP contribution in [0, 0.1) is 0 Å². The summed E-state index contributed by atoms with van der Waals surface area (Å²) in [5.74, 6) is 0. The van der Waals surface area contributed by atoms with Crippen LogP contribution in [0.1, 0.15) is 56.5 Å². The molecule has 0 radical (unpaired) electrons. The van der Waals surface area contributed by atoms with Gasteiger partial charge in [-0.1, -0.05) is 26.7 Å². The van der Waals surface area contributed by atoms with E-state index >= 15 is 0 Å². The molecule has 1 unspecified atom stereocenters. The van der Waals surface area contributed by atoms with Gasteiger partial charge in [0.15, 0.2) is 5.13 Å². The molecule has 3 nitrogen and oxygen atoms in total. The number of nitrogens with zero attached hydrogens (tertiary/aromatic N) is 2. The van der Waals surface area contributed by atoms with Crippen molar-refractivity contribution in [1.82, 2.24) is 10.3 Å². The van der Waals surface area contributed by atoms with Gasteiger partial charge in [0, 0.05) is 24.0 Å². The van der Waals surface area contributed by atoms with Gasteiger partial charge in [0.2, 0.25) is 0 Å². The van der Waals surface area contributed by atoms with Gasteiger partial charge in [-0.05, 0) is 32.7 Å². The van der Waals surface area contributed by atoms with Gasteiger partial charge in [0.1, 0.15) is 0 Å². The van der Waals surface area contributed by atoms with Crippen LogP contribution in [0.15, 0.2) is 0 Å². The van der Waals surface area contributed by atoms with E-state index in [0.717, 1.165) is 13.0 Å². The lowest BCUT2D eigenvalue weighted by Crippen LogP contribution is -2.34. The van der Waals surface area contributed by atoms with Crippen LogP contribution in [-0.4, -0.2) is 24.6 Å². The number of anilines is 1. The van der Waals surface area contributed by atoms with Gasteiger partial charge in [0.05, 0.1) is 5.69 Å². The molecule has 1 saturated heterocycles. The quantitative estimate of drug-likeness (QED) is 0.894. The Morgan fingerprint density at radius 3 is 2.84 bits per heavy atom. The van der Waals surface area contributed by atoms with Crippen molar-refractivity contribution >= 4 is 16.5 Å². The van der Waals surface area contributed by atoms with E-state index in [-0.39, 0.29) is 0 Å². The van der Waals surface area contributed by atoms with Crippen molar-refractivity contribution in [2.75, 3.05) is 18.5 Å². The highest BCUT2D eigenvalue weighted by Gasteiger charge is 2.23. The maximum atomic E-state index is 4.92. The first-order chi connectivity index (χ1) is 9.30. The van der Waals surface area contributed by atoms with Crippen molar-refractivity contribution in [3.63, 3.8) is 0 Å². The number of aryl methyl sites for hydroxylation is 1. The molecule has 0 aromatic carbocycles. The molecule has 0 spiro atoms. The zero-order valence-electron chi connectivity index (χ0n) is 12.5. The summed E-state index contributed by atoms with van der Waals surface area (Å²) >= 11 is 1.90. The molecule has 2 rings (SSSR count). The largest absolute Gasteiger partial charge is 0.345 e. The minimum absolute atomic E-state index is 0.695. The monoisotopic (exact) mass is 281 g/mol. The predicted octanol–water partition coefficient (Wildman–Crippen LogP) is 3.58. The Morgan fingerprint density at radius 2 is 2.16 bits per heavy atom. The molecule has 1 fully saturated rings. The number of thiazole rings is 1. The van der Waals surface area contributed by atoms with Gasteiger partial charge in [0.25, 0.3) is 0 Å². The van der Waals surface area contributed by atoms with Crippen LogP contribution < -0.4 is 10.2 Å². The fourth-order valence-corrected chi connectivity index (χ4v) is 4.18. The summed E-state index contributed by atoms with van der Waals surface area (Å²) in [6.45, 7) is 6.66. The fourth-order valence-electron chi connectivity index (χ4n) is 2.92. The predicted molar refractivity (Wildman–Crippen MR) is 84.1 cm³/mol. The van der Waals surface area contributed by atoms with E-state index in [1.165, 1.54) is 54.4 Å². The van der Waals surface area contributed by atoms with Crippen LogP contribution in [0.5, 0.6) is 0 Å². The molecule has 1 aliphatic rings. The second kappa shape index (κ2) is 7.25. The average Bonchev–Trinajstić information content (AvgIpc) is 2.68. The molecule has 1 N–H and O–H groups in total. The van der Waals surface area contributed by atoms with E-state index in [1.54, 1.807) is 0 Å². The van der Waals surface area contributed by atoms with E-state index in [1.807, 2.05) is 18.4 Å². The summed E-state index contributed by atoms with van der Waals surface area (Å²) in [5.41, 5.74) is 1.29. The first kappa shape index (κ1) is 14.8.